The zero-order valence-electron chi connectivity index (χ0n) is 15.7. The molecule has 2 aliphatic rings. The molecule has 28 heavy (non-hydrogen) atoms. The number of nitrogens with zero attached hydrogens (tertiary/aromatic N) is 3. The van der Waals surface area contributed by atoms with Gasteiger partial charge in [-0.2, -0.15) is 0 Å². The molecule has 1 fully saturated rings. The molecule has 9 heteroatoms. The third-order valence-electron chi connectivity index (χ3n) is 5.07. The molecule has 2 aromatic heterocycles. The van der Waals surface area contributed by atoms with Gasteiger partial charge in [-0.3, -0.25) is 9.59 Å². The van der Waals surface area contributed by atoms with Crippen LogP contribution in [0.4, 0.5) is 5.95 Å². The number of likely N-dealkylation sites (tertiary alicyclic amines) is 1. The lowest BCUT2D eigenvalue weighted by Gasteiger charge is -2.20. The van der Waals surface area contributed by atoms with E-state index in [2.05, 4.69) is 42.4 Å². The second-order valence-electron chi connectivity index (χ2n) is 7.14. The Morgan fingerprint density at radius 3 is 3.00 bits per heavy atom. The van der Waals surface area contributed by atoms with Crippen molar-refractivity contribution in [3.63, 3.8) is 0 Å². The first-order valence-corrected chi connectivity index (χ1v) is 9.25. The van der Waals surface area contributed by atoms with Gasteiger partial charge in [0.1, 0.15) is 0 Å². The van der Waals surface area contributed by atoms with Gasteiger partial charge in [0.25, 0.3) is 5.91 Å². The molecule has 2 amide bonds. The highest BCUT2D eigenvalue weighted by molar-refractivity contribution is 5.97. The number of fused-ring (bicyclic) bond motifs is 1. The van der Waals surface area contributed by atoms with Crippen LogP contribution in [0.1, 0.15) is 16.1 Å². The highest BCUT2D eigenvalue weighted by atomic mass is 16.2. The van der Waals surface area contributed by atoms with E-state index in [0.717, 1.165) is 30.9 Å². The minimum atomic E-state index is -0.197. The molecular weight excluding hydrogens is 358 g/mol. The number of rotatable bonds is 5. The van der Waals surface area contributed by atoms with Crippen LogP contribution in [0, 0.1) is 0 Å². The minimum absolute atomic E-state index is 0.0215. The Labute approximate surface area is 162 Å². The Bertz CT molecular complexity index is 923. The number of aromatic amines is 1. The Morgan fingerprint density at radius 2 is 2.21 bits per heavy atom. The summed E-state index contributed by atoms with van der Waals surface area (Å²) in [5.41, 5.74) is 3.08. The van der Waals surface area contributed by atoms with Crippen LogP contribution >= 0.6 is 0 Å². The van der Waals surface area contributed by atoms with E-state index in [1.54, 1.807) is 12.3 Å². The Hall–Kier alpha value is -3.20. The zero-order valence-corrected chi connectivity index (χ0v) is 15.7. The van der Waals surface area contributed by atoms with Gasteiger partial charge < -0.3 is 25.8 Å². The Kier molecular flexibility index (Phi) is 4.82. The van der Waals surface area contributed by atoms with Gasteiger partial charge in [0.2, 0.25) is 11.9 Å². The number of carbonyl (C=O) groups excluding carboxylic acids is 2. The number of amides is 2. The predicted molar refractivity (Wildman–Crippen MR) is 105 cm³/mol. The number of nitrogens with one attached hydrogen (secondary N) is 4. The molecule has 146 valence electrons. The second kappa shape index (κ2) is 7.43. The zero-order chi connectivity index (χ0) is 19.7. The van der Waals surface area contributed by atoms with E-state index >= 15 is 0 Å². The molecule has 2 unspecified atom stereocenters. The molecule has 4 rings (SSSR count). The van der Waals surface area contributed by atoms with Crippen LogP contribution in [0.5, 0.6) is 0 Å². The largest absolute Gasteiger partial charge is 0.356 e. The number of likely N-dealkylation sites (N-methyl/N-ethyl adjacent to an activating group) is 1. The van der Waals surface area contributed by atoms with E-state index in [1.165, 1.54) is 6.08 Å². The highest BCUT2D eigenvalue weighted by Crippen LogP contribution is 2.23. The van der Waals surface area contributed by atoms with Gasteiger partial charge in [-0.25, -0.2) is 9.97 Å². The Morgan fingerprint density at radius 1 is 1.39 bits per heavy atom. The molecule has 1 saturated heterocycles. The normalized spacial score (nSPS) is 21.7. The molecule has 2 aromatic rings. The van der Waals surface area contributed by atoms with E-state index in [-0.39, 0.29) is 23.9 Å². The summed E-state index contributed by atoms with van der Waals surface area (Å²) in [7, 11) is 2.00. The molecule has 2 atom stereocenters. The van der Waals surface area contributed by atoms with Crippen LogP contribution < -0.4 is 16.0 Å². The number of hydrogen-bond donors (Lipinski definition) is 4. The van der Waals surface area contributed by atoms with Gasteiger partial charge in [0, 0.05) is 37.9 Å². The molecule has 9 nitrogen and oxygen atoms in total. The first-order valence-electron chi connectivity index (χ1n) is 9.25. The molecule has 4 N–H and O–H groups in total. The van der Waals surface area contributed by atoms with Gasteiger partial charge in [-0.05, 0) is 25.3 Å². The maximum Gasteiger partial charge on any atom is 0.253 e. The third kappa shape index (κ3) is 3.61. The van der Waals surface area contributed by atoms with Crippen molar-refractivity contribution in [2.75, 3.05) is 32.0 Å². The van der Waals surface area contributed by atoms with Crippen LogP contribution in [0.2, 0.25) is 0 Å². The first-order chi connectivity index (χ1) is 13.5. The van der Waals surface area contributed by atoms with Gasteiger partial charge in [0.15, 0.2) is 0 Å². The summed E-state index contributed by atoms with van der Waals surface area (Å²) in [5.74, 6) is 0.218. The molecule has 0 spiro atoms. The lowest BCUT2D eigenvalue weighted by molar-refractivity contribution is -0.117. The lowest BCUT2D eigenvalue weighted by atomic mass is 10.1. The third-order valence-corrected chi connectivity index (χ3v) is 5.07. The number of hydrogen-bond acceptors (Lipinski definition) is 6. The van der Waals surface area contributed by atoms with Crippen molar-refractivity contribution in [3.05, 3.63) is 42.2 Å². The molecule has 0 aliphatic carbocycles. The predicted octanol–water partition coefficient (Wildman–Crippen LogP) is 0.154. The van der Waals surface area contributed by atoms with Crippen LogP contribution in [0.25, 0.3) is 11.4 Å². The Balaban J connectivity index is 1.53. The van der Waals surface area contributed by atoms with Crippen molar-refractivity contribution in [1.29, 1.82) is 0 Å². The summed E-state index contributed by atoms with van der Waals surface area (Å²) in [6.45, 7) is 5.63. The number of carbonyl (C=O) groups is 2. The van der Waals surface area contributed by atoms with Crippen LogP contribution in [0.3, 0.4) is 0 Å². The average Bonchev–Trinajstić information content (AvgIpc) is 3.26. The van der Waals surface area contributed by atoms with Crippen molar-refractivity contribution in [2.45, 2.75) is 18.5 Å². The molecule has 0 aromatic carbocycles. The van der Waals surface area contributed by atoms with Crippen LogP contribution in [-0.4, -0.2) is 70.4 Å². The van der Waals surface area contributed by atoms with E-state index in [4.69, 9.17) is 0 Å². The van der Waals surface area contributed by atoms with Gasteiger partial charge >= 0.3 is 0 Å². The van der Waals surface area contributed by atoms with Crippen molar-refractivity contribution in [2.24, 2.45) is 0 Å². The summed E-state index contributed by atoms with van der Waals surface area (Å²) < 4.78 is 0. The molecule has 0 bridgehead atoms. The first kappa shape index (κ1) is 18.2. The quantitative estimate of drug-likeness (QED) is 0.548. The van der Waals surface area contributed by atoms with Crippen molar-refractivity contribution < 1.29 is 9.59 Å². The van der Waals surface area contributed by atoms with Gasteiger partial charge in [-0.1, -0.05) is 6.58 Å². The summed E-state index contributed by atoms with van der Waals surface area (Å²) in [6.07, 6.45) is 3.73. The fourth-order valence-corrected chi connectivity index (χ4v) is 3.71. The monoisotopic (exact) mass is 381 g/mol. The SMILES string of the molecule is C=CC(=O)NC1CN(C)CC1Nc1nccc(-c2cc3c([nH]2)CCNC3=O)n1. The summed E-state index contributed by atoms with van der Waals surface area (Å²) in [5, 5.41) is 9.11. The summed E-state index contributed by atoms with van der Waals surface area (Å²) in [6, 6.07) is 3.54. The highest BCUT2D eigenvalue weighted by Gasteiger charge is 2.32. The molecule has 0 radical (unpaired) electrons. The smallest absolute Gasteiger partial charge is 0.253 e. The topological polar surface area (TPSA) is 115 Å². The van der Waals surface area contributed by atoms with Gasteiger partial charge in [-0.15, -0.1) is 0 Å². The molecule has 4 heterocycles. The maximum atomic E-state index is 12.0. The second-order valence-corrected chi connectivity index (χ2v) is 7.14. The number of H-pyrrole nitrogens is 1. The lowest BCUT2D eigenvalue weighted by Crippen LogP contribution is -2.45. The van der Waals surface area contributed by atoms with E-state index in [9.17, 15) is 9.59 Å². The number of anilines is 1. The van der Waals surface area contributed by atoms with Crippen molar-refractivity contribution >= 4 is 17.8 Å². The maximum absolute atomic E-state index is 12.0. The number of aromatic nitrogens is 3. The van der Waals surface area contributed by atoms with Crippen molar-refractivity contribution in [1.82, 2.24) is 30.5 Å². The minimum Gasteiger partial charge on any atom is -0.356 e. The average molecular weight is 381 g/mol. The standard InChI is InChI=1S/C19H23N7O2/c1-3-17(27)23-15-9-26(2)10-16(15)25-19-21-7-5-13(24-19)14-8-11-12(22-14)4-6-20-18(11)28/h3,5,7-8,15-16,22H,1,4,6,9-10H2,2H3,(H,20,28)(H,23,27)(H,21,24,25). The van der Waals surface area contributed by atoms with Crippen LogP contribution in [-0.2, 0) is 11.2 Å². The van der Waals surface area contributed by atoms with Gasteiger partial charge in [0.05, 0.1) is 29.0 Å². The molecule has 2 aliphatic heterocycles. The fourth-order valence-electron chi connectivity index (χ4n) is 3.71. The summed E-state index contributed by atoms with van der Waals surface area (Å²) >= 11 is 0. The van der Waals surface area contributed by atoms with E-state index in [0.29, 0.717) is 23.8 Å². The fraction of sp³-hybridized carbons (Fsp3) is 0.368. The van der Waals surface area contributed by atoms with Crippen LogP contribution in [0.15, 0.2) is 31.0 Å². The molecular formula is C19H23N7O2. The summed E-state index contributed by atoms with van der Waals surface area (Å²) in [4.78, 5) is 38.0. The molecule has 0 saturated carbocycles. The van der Waals surface area contributed by atoms with E-state index in [1.807, 2.05) is 13.1 Å². The van der Waals surface area contributed by atoms with E-state index < -0.39 is 0 Å². The van der Waals surface area contributed by atoms with Crippen molar-refractivity contribution in [3.8, 4) is 11.4 Å².